The zero-order valence-electron chi connectivity index (χ0n) is 19.4. The van der Waals surface area contributed by atoms with E-state index in [1.165, 1.54) is 11.3 Å². The minimum Gasteiger partial charge on any atom is -0.497 e. The number of pyridine rings is 1. The minimum absolute atomic E-state index is 0.0443. The van der Waals surface area contributed by atoms with Gasteiger partial charge in [-0.2, -0.15) is 0 Å². The van der Waals surface area contributed by atoms with Gasteiger partial charge in [0.15, 0.2) is 0 Å². The molecule has 3 aromatic rings. The van der Waals surface area contributed by atoms with Gasteiger partial charge >= 0.3 is 6.03 Å². The Balaban J connectivity index is 1.32. The first kappa shape index (κ1) is 23.0. The van der Waals surface area contributed by atoms with Crippen molar-refractivity contribution in [2.24, 2.45) is 5.92 Å². The first-order chi connectivity index (χ1) is 16.9. The molecule has 35 heavy (non-hydrogen) atoms. The van der Waals surface area contributed by atoms with E-state index in [0.29, 0.717) is 41.7 Å². The monoisotopic (exact) mass is 494 g/mol. The maximum Gasteiger partial charge on any atom is 0.321 e. The standard InChI is InChI=1S/C25H26N4O5S/c1-33-18-9-17(10-19(11-18)34-2)26-25(32)28-12-15-8-16(14-28)21-6-5-20(24(31)29(21)13-15)27-23(30)22-4-3-7-35-22/h3-7,9-11,15-16H,8,12-14H2,1-2H3,(H,26,32)(H,27,30). The highest BCUT2D eigenvalue weighted by Crippen LogP contribution is 2.36. The van der Waals surface area contributed by atoms with Gasteiger partial charge in [0.05, 0.1) is 19.1 Å². The van der Waals surface area contributed by atoms with Crippen LogP contribution in [-0.4, -0.2) is 48.7 Å². The summed E-state index contributed by atoms with van der Waals surface area (Å²) in [7, 11) is 3.12. The highest BCUT2D eigenvalue weighted by Gasteiger charge is 2.37. The smallest absolute Gasteiger partial charge is 0.321 e. The zero-order chi connectivity index (χ0) is 24.5. The van der Waals surface area contributed by atoms with E-state index in [1.807, 2.05) is 11.4 Å². The van der Waals surface area contributed by atoms with Gasteiger partial charge in [0.25, 0.3) is 11.5 Å². The van der Waals surface area contributed by atoms with Gasteiger partial charge in [-0.15, -0.1) is 11.3 Å². The lowest BCUT2D eigenvalue weighted by Crippen LogP contribution is -2.50. The molecule has 2 N–H and O–H groups in total. The lowest BCUT2D eigenvalue weighted by molar-refractivity contribution is 0.103. The summed E-state index contributed by atoms with van der Waals surface area (Å²) in [6, 6.07) is 12.1. The third kappa shape index (κ3) is 4.61. The van der Waals surface area contributed by atoms with Crippen molar-refractivity contribution >= 4 is 34.6 Å². The van der Waals surface area contributed by atoms with E-state index >= 15 is 0 Å². The Hall–Kier alpha value is -3.79. The fourth-order valence-electron chi connectivity index (χ4n) is 4.88. The molecule has 2 unspecified atom stereocenters. The van der Waals surface area contributed by atoms with Crippen LogP contribution >= 0.6 is 11.3 Å². The Bertz CT molecular complexity index is 1300. The summed E-state index contributed by atoms with van der Waals surface area (Å²) in [4.78, 5) is 41.0. The van der Waals surface area contributed by atoms with E-state index in [9.17, 15) is 14.4 Å². The molecule has 2 atom stereocenters. The number of rotatable bonds is 5. The Labute approximate surface area is 206 Å². The SMILES string of the molecule is COc1cc(NC(=O)N2CC3CC(C2)c2ccc(NC(=O)c4cccs4)c(=O)n2C3)cc(OC)c1. The van der Waals surface area contributed by atoms with Gasteiger partial charge in [-0.05, 0) is 35.9 Å². The molecule has 182 valence electrons. The van der Waals surface area contributed by atoms with Gasteiger partial charge in [-0.1, -0.05) is 6.07 Å². The number of thiophene rings is 1. The number of aromatic nitrogens is 1. The van der Waals surface area contributed by atoms with Crippen LogP contribution in [0.2, 0.25) is 0 Å². The Morgan fingerprint density at radius 3 is 2.46 bits per heavy atom. The highest BCUT2D eigenvalue weighted by molar-refractivity contribution is 7.12. The molecule has 1 fully saturated rings. The summed E-state index contributed by atoms with van der Waals surface area (Å²) >= 11 is 1.33. The van der Waals surface area contributed by atoms with Gasteiger partial charge < -0.3 is 29.6 Å². The average molecular weight is 495 g/mol. The van der Waals surface area contributed by atoms with Crippen LogP contribution in [0.25, 0.3) is 0 Å². The summed E-state index contributed by atoms with van der Waals surface area (Å²) in [6.07, 6.45) is 0.914. The first-order valence-corrected chi connectivity index (χ1v) is 12.2. The molecule has 0 spiro atoms. The van der Waals surface area contributed by atoms with E-state index in [4.69, 9.17) is 9.47 Å². The molecule has 2 aliphatic heterocycles. The van der Waals surface area contributed by atoms with Gasteiger partial charge in [0.1, 0.15) is 17.2 Å². The van der Waals surface area contributed by atoms with Crippen molar-refractivity contribution in [2.45, 2.75) is 18.9 Å². The molecule has 0 aliphatic carbocycles. The molecule has 2 aliphatic rings. The van der Waals surface area contributed by atoms with Gasteiger partial charge in [-0.3, -0.25) is 9.59 Å². The van der Waals surface area contributed by atoms with E-state index in [1.54, 1.807) is 60.1 Å². The van der Waals surface area contributed by atoms with E-state index in [2.05, 4.69) is 10.6 Å². The summed E-state index contributed by atoms with van der Waals surface area (Å²) < 4.78 is 12.3. The Kier molecular flexibility index (Phi) is 6.21. The number of methoxy groups -OCH3 is 2. The number of ether oxygens (including phenoxy) is 2. The lowest BCUT2D eigenvalue weighted by Gasteiger charge is -2.42. The van der Waals surface area contributed by atoms with E-state index < -0.39 is 0 Å². The predicted molar refractivity (Wildman–Crippen MR) is 134 cm³/mol. The topological polar surface area (TPSA) is 102 Å². The second-order valence-corrected chi connectivity index (χ2v) is 9.70. The quantitative estimate of drug-likeness (QED) is 0.561. The molecule has 4 heterocycles. The van der Waals surface area contributed by atoms with Crippen molar-refractivity contribution in [1.29, 1.82) is 0 Å². The van der Waals surface area contributed by atoms with Crippen LogP contribution in [0.1, 0.15) is 27.7 Å². The van der Waals surface area contributed by atoms with Crippen molar-refractivity contribution < 1.29 is 19.1 Å². The number of urea groups is 1. The number of carbonyl (C=O) groups excluding carboxylic acids is 2. The normalized spacial score (nSPS) is 18.4. The summed E-state index contributed by atoms with van der Waals surface area (Å²) in [5, 5.41) is 7.51. The highest BCUT2D eigenvalue weighted by atomic mass is 32.1. The number of benzene rings is 1. The molecular formula is C25H26N4O5S. The molecule has 1 aromatic carbocycles. The van der Waals surface area contributed by atoms with Crippen molar-refractivity contribution in [3.05, 3.63) is 68.8 Å². The number of carbonyl (C=O) groups is 2. The second kappa shape index (κ2) is 9.46. The van der Waals surface area contributed by atoms with Crippen LogP contribution < -0.4 is 25.7 Å². The molecule has 2 aromatic heterocycles. The maximum atomic E-state index is 13.2. The number of amides is 3. The molecule has 3 amide bonds. The zero-order valence-corrected chi connectivity index (χ0v) is 20.3. The van der Waals surface area contributed by atoms with Crippen molar-refractivity contribution in [3.63, 3.8) is 0 Å². The number of likely N-dealkylation sites (tertiary alicyclic amines) is 1. The number of piperidine rings is 1. The van der Waals surface area contributed by atoms with Crippen LogP contribution in [0.15, 0.2) is 52.6 Å². The third-order valence-corrected chi connectivity index (χ3v) is 7.36. The van der Waals surface area contributed by atoms with Crippen molar-refractivity contribution in [2.75, 3.05) is 37.9 Å². The van der Waals surface area contributed by atoms with Crippen LogP contribution in [0, 0.1) is 5.92 Å². The second-order valence-electron chi connectivity index (χ2n) is 8.75. The molecule has 0 radical (unpaired) electrons. The number of hydrogen-bond acceptors (Lipinski definition) is 6. The lowest BCUT2D eigenvalue weighted by atomic mass is 9.83. The summed E-state index contributed by atoms with van der Waals surface area (Å²) in [6.45, 7) is 1.55. The summed E-state index contributed by atoms with van der Waals surface area (Å²) in [5.74, 6) is 1.08. The first-order valence-electron chi connectivity index (χ1n) is 11.3. The van der Waals surface area contributed by atoms with Crippen molar-refractivity contribution in [3.8, 4) is 11.5 Å². The number of nitrogens with one attached hydrogen (secondary N) is 2. The molecule has 2 bridgehead atoms. The van der Waals surface area contributed by atoms with E-state index in [-0.39, 0.29) is 35.0 Å². The van der Waals surface area contributed by atoms with Gasteiger partial charge in [-0.25, -0.2) is 4.79 Å². The molecule has 9 nitrogen and oxygen atoms in total. The number of hydrogen-bond donors (Lipinski definition) is 2. The summed E-state index contributed by atoms with van der Waals surface area (Å²) in [5.41, 5.74) is 1.54. The Morgan fingerprint density at radius 1 is 1.00 bits per heavy atom. The maximum absolute atomic E-state index is 13.2. The van der Waals surface area contributed by atoms with E-state index in [0.717, 1.165) is 12.1 Å². The minimum atomic E-state index is -0.286. The van der Waals surface area contributed by atoms with Gasteiger partial charge in [0.2, 0.25) is 0 Å². The largest absolute Gasteiger partial charge is 0.497 e. The molecule has 10 heteroatoms. The molecule has 1 saturated heterocycles. The van der Waals surface area contributed by atoms with Crippen LogP contribution in [0.4, 0.5) is 16.2 Å². The fourth-order valence-corrected chi connectivity index (χ4v) is 5.50. The molecule has 0 saturated carbocycles. The van der Waals surface area contributed by atoms with Crippen LogP contribution in [0.3, 0.4) is 0 Å². The number of fused-ring (bicyclic) bond motifs is 4. The van der Waals surface area contributed by atoms with Gasteiger partial charge in [0, 0.05) is 55.1 Å². The average Bonchev–Trinajstić information content (AvgIpc) is 3.41. The van der Waals surface area contributed by atoms with Crippen LogP contribution in [-0.2, 0) is 6.54 Å². The van der Waals surface area contributed by atoms with Crippen molar-refractivity contribution in [1.82, 2.24) is 9.47 Å². The third-order valence-electron chi connectivity index (χ3n) is 6.49. The predicted octanol–water partition coefficient (Wildman–Crippen LogP) is 3.83. The molecule has 5 rings (SSSR count). The number of anilines is 2. The Morgan fingerprint density at radius 2 is 1.77 bits per heavy atom. The van der Waals surface area contributed by atoms with Crippen LogP contribution in [0.5, 0.6) is 11.5 Å². The number of nitrogens with zero attached hydrogens (tertiary/aromatic N) is 2. The fraction of sp³-hybridized carbons (Fsp3) is 0.320. The molecular weight excluding hydrogens is 468 g/mol.